The zero-order valence-electron chi connectivity index (χ0n) is 16.2. The van der Waals surface area contributed by atoms with Crippen molar-refractivity contribution < 1.29 is 0 Å². The van der Waals surface area contributed by atoms with Crippen molar-refractivity contribution in [1.82, 2.24) is 20.1 Å². The van der Waals surface area contributed by atoms with Gasteiger partial charge in [0.25, 0.3) is 0 Å². The first-order valence-corrected chi connectivity index (χ1v) is 10.4. The summed E-state index contributed by atoms with van der Waals surface area (Å²) in [7, 11) is 1.91. The van der Waals surface area contributed by atoms with E-state index in [-0.39, 0.29) is 0 Å². The van der Waals surface area contributed by atoms with E-state index < -0.39 is 0 Å². The third-order valence-corrected chi connectivity index (χ3v) is 6.32. The van der Waals surface area contributed by atoms with Crippen LogP contribution in [0, 0.1) is 18.3 Å². The summed E-state index contributed by atoms with van der Waals surface area (Å²) in [5, 5.41) is 7.00. The lowest BCUT2D eigenvalue weighted by Gasteiger charge is -2.32. The predicted molar refractivity (Wildman–Crippen MR) is 106 cm³/mol. The Morgan fingerprint density at radius 1 is 1.36 bits per heavy atom. The molecule has 6 heteroatoms. The third kappa shape index (κ3) is 5.17. The molecule has 25 heavy (non-hydrogen) atoms. The predicted octanol–water partition coefficient (Wildman–Crippen LogP) is 2.97. The number of aliphatic imine (C=N–C) groups is 1. The smallest absolute Gasteiger partial charge is 0.193 e. The summed E-state index contributed by atoms with van der Waals surface area (Å²) in [5.41, 5.74) is 1.65. The number of likely N-dealkylation sites (tertiary alicyclic amines) is 2. The Bertz CT molecular complexity index is 586. The van der Waals surface area contributed by atoms with Crippen LogP contribution in [0.1, 0.15) is 43.8 Å². The van der Waals surface area contributed by atoms with Crippen LogP contribution in [0.5, 0.6) is 0 Å². The molecule has 140 valence electrons. The first kappa shape index (κ1) is 18.6. The lowest BCUT2D eigenvalue weighted by Crippen LogP contribution is -2.44. The maximum absolute atomic E-state index is 4.59. The maximum Gasteiger partial charge on any atom is 0.193 e. The van der Waals surface area contributed by atoms with E-state index in [1.54, 1.807) is 11.3 Å². The van der Waals surface area contributed by atoms with Crippen molar-refractivity contribution in [2.45, 2.75) is 46.6 Å². The van der Waals surface area contributed by atoms with Crippen LogP contribution in [-0.4, -0.2) is 60.5 Å². The molecule has 0 saturated carbocycles. The van der Waals surface area contributed by atoms with Gasteiger partial charge < -0.3 is 10.2 Å². The summed E-state index contributed by atoms with van der Waals surface area (Å²) in [6.07, 6.45) is 3.78. The van der Waals surface area contributed by atoms with Crippen LogP contribution in [0.2, 0.25) is 0 Å². The molecule has 0 aromatic carbocycles. The number of guanidine groups is 1. The molecule has 2 aliphatic heterocycles. The number of hydrogen-bond acceptors (Lipinski definition) is 4. The van der Waals surface area contributed by atoms with Crippen LogP contribution < -0.4 is 5.32 Å². The quantitative estimate of drug-likeness (QED) is 0.660. The molecular weight excluding hydrogens is 330 g/mol. The number of nitrogens with zero attached hydrogens (tertiary/aromatic N) is 4. The number of rotatable bonds is 4. The fourth-order valence-electron chi connectivity index (χ4n) is 3.92. The molecule has 2 aliphatic rings. The van der Waals surface area contributed by atoms with Crippen LogP contribution in [0.15, 0.2) is 10.4 Å². The van der Waals surface area contributed by atoms with Crippen molar-refractivity contribution in [3.05, 3.63) is 16.1 Å². The first-order valence-electron chi connectivity index (χ1n) is 9.54. The van der Waals surface area contributed by atoms with Crippen molar-refractivity contribution in [3.63, 3.8) is 0 Å². The monoisotopic (exact) mass is 363 g/mol. The van der Waals surface area contributed by atoms with Crippen LogP contribution in [0.25, 0.3) is 0 Å². The molecular formula is C19H33N5S. The summed E-state index contributed by atoms with van der Waals surface area (Å²) < 4.78 is 0. The lowest BCUT2D eigenvalue weighted by atomic mass is 9.93. The Hall–Kier alpha value is -1.14. The largest absolute Gasteiger partial charge is 0.356 e. The second-order valence-corrected chi connectivity index (χ2v) is 9.40. The van der Waals surface area contributed by atoms with Crippen LogP contribution in [-0.2, 0) is 6.54 Å². The maximum atomic E-state index is 4.59. The molecule has 3 heterocycles. The Morgan fingerprint density at radius 3 is 2.68 bits per heavy atom. The summed E-state index contributed by atoms with van der Waals surface area (Å²) in [4.78, 5) is 14.1. The van der Waals surface area contributed by atoms with E-state index in [0.29, 0.717) is 5.41 Å². The number of aromatic nitrogens is 1. The SMILES string of the molecule is CN=C(NCC1CCN(Cc2csc(C)n2)CC1)N1CCC(C)(C)C1. The van der Waals surface area contributed by atoms with E-state index in [1.807, 2.05) is 7.05 Å². The van der Waals surface area contributed by atoms with E-state index in [0.717, 1.165) is 38.1 Å². The Labute approximate surface area is 156 Å². The molecule has 1 aromatic heterocycles. The molecule has 0 atom stereocenters. The molecule has 0 spiro atoms. The van der Waals surface area contributed by atoms with E-state index in [2.05, 4.69) is 51.2 Å². The van der Waals surface area contributed by atoms with Gasteiger partial charge in [-0.05, 0) is 50.6 Å². The average Bonchev–Trinajstić information content (AvgIpc) is 3.15. The van der Waals surface area contributed by atoms with Gasteiger partial charge in [-0.1, -0.05) is 13.8 Å². The van der Waals surface area contributed by atoms with Gasteiger partial charge in [-0.15, -0.1) is 11.3 Å². The van der Waals surface area contributed by atoms with Crippen LogP contribution >= 0.6 is 11.3 Å². The zero-order valence-corrected chi connectivity index (χ0v) is 17.0. The van der Waals surface area contributed by atoms with E-state index >= 15 is 0 Å². The number of nitrogens with one attached hydrogen (secondary N) is 1. The third-order valence-electron chi connectivity index (χ3n) is 5.50. The van der Waals surface area contributed by atoms with E-state index in [9.17, 15) is 0 Å². The highest BCUT2D eigenvalue weighted by Gasteiger charge is 2.31. The minimum atomic E-state index is 0.414. The highest BCUT2D eigenvalue weighted by Crippen LogP contribution is 2.28. The molecule has 0 unspecified atom stereocenters. The molecule has 0 radical (unpaired) electrons. The molecule has 0 bridgehead atoms. The van der Waals surface area contributed by atoms with Gasteiger partial charge in [0, 0.05) is 38.6 Å². The van der Waals surface area contributed by atoms with Crippen molar-refractivity contribution in [2.75, 3.05) is 39.8 Å². The summed E-state index contributed by atoms with van der Waals surface area (Å²) in [5.74, 6) is 1.84. The molecule has 2 fully saturated rings. The molecule has 1 N–H and O–H groups in total. The van der Waals surface area contributed by atoms with Gasteiger partial charge in [0.1, 0.15) is 0 Å². The molecule has 0 aliphatic carbocycles. The Morgan fingerprint density at radius 2 is 2.12 bits per heavy atom. The lowest BCUT2D eigenvalue weighted by molar-refractivity contribution is 0.176. The van der Waals surface area contributed by atoms with E-state index in [1.165, 1.54) is 43.1 Å². The number of thiazole rings is 1. The molecule has 3 rings (SSSR count). The second-order valence-electron chi connectivity index (χ2n) is 8.34. The summed E-state index contributed by atoms with van der Waals surface area (Å²) in [6.45, 7) is 13.4. The normalized spacial score (nSPS) is 22.6. The standard InChI is InChI=1S/C19H33N5S/c1-15-22-17(13-25-15)12-23-8-5-16(6-9-23)11-21-18(20-4)24-10-7-19(2,3)14-24/h13,16H,5-12,14H2,1-4H3,(H,20,21). The summed E-state index contributed by atoms with van der Waals surface area (Å²) in [6, 6.07) is 0. The number of hydrogen-bond donors (Lipinski definition) is 1. The highest BCUT2D eigenvalue weighted by atomic mass is 32.1. The zero-order chi connectivity index (χ0) is 17.9. The van der Waals surface area contributed by atoms with E-state index in [4.69, 9.17) is 0 Å². The van der Waals surface area contributed by atoms with Gasteiger partial charge in [0.2, 0.25) is 0 Å². The topological polar surface area (TPSA) is 43.8 Å². The molecule has 5 nitrogen and oxygen atoms in total. The molecule has 0 amide bonds. The van der Waals surface area contributed by atoms with Crippen molar-refractivity contribution >= 4 is 17.3 Å². The first-order chi connectivity index (χ1) is 11.9. The van der Waals surface area contributed by atoms with Gasteiger partial charge in [-0.2, -0.15) is 0 Å². The summed E-state index contributed by atoms with van der Waals surface area (Å²) >= 11 is 1.75. The van der Waals surface area contributed by atoms with Crippen LogP contribution in [0.4, 0.5) is 0 Å². The second kappa shape index (κ2) is 8.04. The highest BCUT2D eigenvalue weighted by molar-refractivity contribution is 7.09. The number of piperidine rings is 1. The van der Waals surface area contributed by atoms with Gasteiger partial charge in [-0.25, -0.2) is 4.98 Å². The van der Waals surface area contributed by atoms with Crippen molar-refractivity contribution in [2.24, 2.45) is 16.3 Å². The number of aryl methyl sites for hydroxylation is 1. The van der Waals surface area contributed by atoms with Crippen LogP contribution in [0.3, 0.4) is 0 Å². The van der Waals surface area contributed by atoms with Gasteiger partial charge >= 0.3 is 0 Å². The van der Waals surface area contributed by atoms with Gasteiger partial charge in [0.05, 0.1) is 10.7 Å². The molecule has 1 aromatic rings. The van der Waals surface area contributed by atoms with Gasteiger partial charge in [-0.3, -0.25) is 9.89 Å². The van der Waals surface area contributed by atoms with Gasteiger partial charge in [0.15, 0.2) is 5.96 Å². The van der Waals surface area contributed by atoms with Crippen molar-refractivity contribution in [1.29, 1.82) is 0 Å². The Kier molecular flexibility index (Phi) is 6.00. The minimum Gasteiger partial charge on any atom is -0.356 e. The minimum absolute atomic E-state index is 0.414. The fourth-order valence-corrected chi connectivity index (χ4v) is 4.52. The fraction of sp³-hybridized carbons (Fsp3) is 0.789. The average molecular weight is 364 g/mol. The molecule has 2 saturated heterocycles. The Balaban J connectivity index is 1.40. The van der Waals surface area contributed by atoms with Crippen molar-refractivity contribution in [3.8, 4) is 0 Å².